The van der Waals surface area contributed by atoms with Gasteiger partial charge in [-0.2, -0.15) is 0 Å². The lowest BCUT2D eigenvalue weighted by molar-refractivity contribution is 0.0935. The van der Waals surface area contributed by atoms with Crippen LogP contribution in [0.2, 0.25) is 0 Å². The molecule has 0 saturated heterocycles. The third-order valence-electron chi connectivity index (χ3n) is 6.51. The highest BCUT2D eigenvalue weighted by molar-refractivity contribution is 14.1. The van der Waals surface area contributed by atoms with Crippen molar-refractivity contribution in [2.45, 2.75) is 20.3 Å². The van der Waals surface area contributed by atoms with Gasteiger partial charge in [-0.1, -0.05) is 59.7 Å². The van der Waals surface area contributed by atoms with Crippen LogP contribution >= 0.6 is 22.6 Å². The first-order chi connectivity index (χ1) is 20.7. The van der Waals surface area contributed by atoms with Crippen LogP contribution in [0, 0.1) is 23.3 Å². The third-order valence-corrected chi connectivity index (χ3v) is 9.33. The summed E-state index contributed by atoms with van der Waals surface area (Å²) in [4.78, 5) is 26.2. The number of benzene rings is 4. The van der Waals surface area contributed by atoms with E-state index in [9.17, 15) is 18.0 Å². The zero-order valence-corrected chi connectivity index (χ0v) is 27.6. The van der Waals surface area contributed by atoms with Gasteiger partial charge >= 0.3 is 0 Å². The molecule has 0 aliphatic carbocycles. The van der Waals surface area contributed by atoms with Gasteiger partial charge in [-0.15, -0.1) is 0 Å². The molecule has 0 spiro atoms. The topological polar surface area (TPSA) is 98.8 Å². The van der Waals surface area contributed by atoms with Crippen LogP contribution in [-0.4, -0.2) is 38.2 Å². The Kier molecular flexibility index (Phi) is 12.1. The average molecular weight is 730 g/mol. The molecule has 10 heteroatoms. The number of aryl methyl sites for hydroxylation is 2. The van der Waals surface area contributed by atoms with E-state index in [0.717, 1.165) is 20.3 Å². The Morgan fingerprint density at radius 1 is 0.698 bits per heavy atom. The summed E-state index contributed by atoms with van der Waals surface area (Å²) < 4.78 is 38.1. The summed E-state index contributed by atoms with van der Waals surface area (Å²) in [6.07, 6.45) is 0.699. The number of halogens is 1. The molecule has 7 nitrogen and oxygen atoms in total. The van der Waals surface area contributed by atoms with Crippen molar-refractivity contribution in [1.29, 1.82) is 0 Å². The van der Waals surface area contributed by atoms with Crippen LogP contribution < -0.4 is 13.7 Å². The summed E-state index contributed by atoms with van der Waals surface area (Å²) in [5.74, 6) is -1.10. The molecule has 1 N–H and O–H groups in total. The molecular formula is C33H32INO6S2. The zero-order valence-electron chi connectivity index (χ0n) is 23.8. The lowest BCUT2D eigenvalue weighted by Gasteiger charge is -2.16. The van der Waals surface area contributed by atoms with Gasteiger partial charge in [0.15, 0.2) is 5.78 Å². The Hall–Kier alpha value is -3.35. The molecule has 0 bridgehead atoms. The van der Waals surface area contributed by atoms with Crippen LogP contribution in [0.15, 0.2) is 97.1 Å². The lowest BCUT2D eigenvalue weighted by atomic mass is 9.99. The van der Waals surface area contributed by atoms with Crippen LogP contribution in [0.3, 0.4) is 0 Å². The quantitative estimate of drug-likeness (QED) is 0.123. The highest BCUT2D eigenvalue weighted by atomic mass is 127. The summed E-state index contributed by atoms with van der Waals surface area (Å²) in [6, 6.07) is 28.5. The second kappa shape index (κ2) is 15.9. The molecule has 0 aromatic heterocycles. The van der Waals surface area contributed by atoms with Crippen LogP contribution in [0.1, 0.15) is 37.4 Å². The van der Waals surface area contributed by atoms with E-state index in [1.807, 2.05) is 62.4 Å². The standard InChI is InChI=1S/C33H32INO6S2/c1-23-3-15-30(16-4-23)40-42(38)21-28(22-43(39)41-31-17-5-24(2)6-18-31)32(36)26-9-11-27(12-10-26)33(37)35-20-19-25-7-13-29(34)14-8-25/h3-18,28H,19-22H2,1-2H3,(H,35,37). The molecule has 0 heterocycles. The number of carbonyl (C=O) groups is 2. The molecule has 224 valence electrons. The summed E-state index contributed by atoms with van der Waals surface area (Å²) >= 11 is -1.50. The van der Waals surface area contributed by atoms with Gasteiger partial charge in [0, 0.05) is 21.2 Å². The smallest absolute Gasteiger partial charge is 0.251 e. The minimum Gasteiger partial charge on any atom is -0.401 e. The monoisotopic (exact) mass is 729 g/mol. The van der Waals surface area contributed by atoms with Gasteiger partial charge < -0.3 is 13.7 Å². The molecule has 1 amide bonds. The zero-order chi connectivity index (χ0) is 30.8. The number of hydrogen-bond acceptors (Lipinski definition) is 6. The van der Waals surface area contributed by atoms with Gasteiger partial charge in [0.1, 0.15) is 11.5 Å². The largest absolute Gasteiger partial charge is 0.401 e. The molecule has 0 fully saturated rings. The van der Waals surface area contributed by atoms with Crippen LogP contribution in [0.25, 0.3) is 0 Å². The number of carbonyl (C=O) groups excluding carboxylic acids is 2. The molecule has 0 radical (unpaired) electrons. The molecule has 4 aromatic carbocycles. The van der Waals surface area contributed by atoms with Crippen molar-refractivity contribution in [1.82, 2.24) is 5.32 Å². The van der Waals surface area contributed by atoms with Crippen molar-refractivity contribution in [3.63, 3.8) is 0 Å². The van der Waals surface area contributed by atoms with Crippen molar-refractivity contribution < 1.29 is 26.4 Å². The highest BCUT2D eigenvalue weighted by Gasteiger charge is 2.27. The number of nitrogens with one attached hydrogen (secondary N) is 1. The summed E-state index contributed by atoms with van der Waals surface area (Å²) in [6.45, 7) is 4.33. The summed E-state index contributed by atoms with van der Waals surface area (Å²) in [7, 11) is 0. The Morgan fingerprint density at radius 3 is 1.65 bits per heavy atom. The molecule has 4 aromatic rings. The Morgan fingerprint density at radius 2 is 1.16 bits per heavy atom. The molecule has 0 saturated carbocycles. The summed E-state index contributed by atoms with van der Waals surface area (Å²) in [5.41, 5.74) is 3.89. The molecular weight excluding hydrogens is 697 g/mol. The highest BCUT2D eigenvalue weighted by Crippen LogP contribution is 2.19. The second-order valence-electron chi connectivity index (χ2n) is 10.0. The Labute approximate surface area is 270 Å². The van der Waals surface area contributed by atoms with Crippen molar-refractivity contribution in [3.05, 3.63) is 128 Å². The predicted octanol–water partition coefficient (Wildman–Crippen LogP) is 6.16. The van der Waals surface area contributed by atoms with Gasteiger partial charge in [0.25, 0.3) is 5.91 Å². The maximum Gasteiger partial charge on any atom is 0.251 e. The van der Waals surface area contributed by atoms with E-state index in [0.29, 0.717) is 35.6 Å². The van der Waals surface area contributed by atoms with Gasteiger partial charge in [0.2, 0.25) is 22.2 Å². The Bertz CT molecular complexity index is 1510. The van der Waals surface area contributed by atoms with Crippen molar-refractivity contribution in [2.75, 3.05) is 18.1 Å². The SMILES string of the molecule is Cc1ccc(OS(=O)CC(CS(=O)Oc2ccc(C)cc2)C(=O)c2ccc(C(=O)NCCc3ccc(I)cc3)cc2)cc1. The fourth-order valence-electron chi connectivity index (χ4n) is 4.09. The van der Waals surface area contributed by atoms with Gasteiger partial charge in [-0.05, 0) is 97.0 Å². The second-order valence-corrected chi connectivity index (χ2v) is 13.5. The fourth-order valence-corrected chi connectivity index (χ4v) is 6.59. The van der Waals surface area contributed by atoms with E-state index in [2.05, 4.69) is 27.9 Å². The molecule has 0 aliphatic rings. The van der Waals surface area contributed by atoms with E-state index in [1.54, 1.807) is 48.5 Å². The third kappa shape index (κ3) is 10.4. The minimum atomic E-state index is -1.88. The number of hydrogen-bond donors (Lipinski definition) is 1. The Balaban J connectivity index is 1.41. The van der Waals surface area contributed by atoms with Gasteiger partial charge in [0.05, 0.1) is 17.4 Å². The van der Waals surface area contributed by atoms with E-state index < -0.39 is 28.1 Å². The lowest BCUT2D eigenvalue weighted by Crippen LogP contribution is -2.30. The number of Topliss-reactive ketones (excluding diaryl/α,β-unsaturated/α-hetero) is 1. The van der Waals surface area contributed by atoms with Crippen LogP contribution in [0.4, 0.5) is 0 Å². The van der Waals surface area contributed by atoms with E-state index in [4.69, 9.17) is 8.37 Å². The van der Waals surface area contributed by atoms with E-state index >= 15 is 0 Å². The first-order valence-corrected chi connectivity index (χ1v) is 17.2. The minimum absolute atomic E-state index is 0.184. The maximum atomic E-state index is 13.6. The maximum absolute atomic E-state index is 13.6. The summed E-state index contributed by atoms with van der Waals surface area (Å²) in [5, 5.41) is 2.90. The van der Waals surface area contributed by atoms with Crippen molar-refractivity contribution >= 4 is 56.4 Å². The predicted molar refractivity (Wildman–Crippen MR) is 179 cm³/mol. The molecule has 43 heavy (non-hydrogen) atoms. The normalized spacial score (nSPS) is 13.0. The van der Waals surface area contributed by atoms with Gasteiger partial charge in [-0.25, -0.2) is 8.42 Å². The first-order valence-electron chi connectivity index (χ1n) is 13.6. The molecule has 2 unspecified atom stereocenters. The molecule has 2 atom stereocenters. The molecule has 0 aliphatic heterocycles. The van der Waals surface area contributed by atoms with Gasteiger partial charge in [-0.3, -0.25) is 9.59 Å². The average Bonchev–Trinajstić information content (AvgIpc) is 3.00. The number of rotatable bonds is 14. The first kappa shape index (κ1) is 32.6. The van der Waals surface area contributed by atoms with E-state index in [-0.39, 0.29) is 23.2 Å². The van der Waals surface area contributed by atoms with Crippen molar-refractivity contribution in [2.24, 2.45) is 5.92 Å². The fraction of sp³-hybridized carbons (Fsp3) is 0.212. The number of ketones is 1. The molecule has 4 rings (SSSR count). The number of amides is 1. The van der Waals surface area contributed by atoms with Crippen molar-refractivity contribution in [3.8, 4) is 11.5 Å². The van der Waals surface area contributed by atoms with Crippen LogP contribution in [0.5, 0.6) is 11.5 Å². The van der Waals surface area contributed by atoms with Crippen LogP contribution in [-0.2, 0) is 28.6 Å². The van der Waals surface area contributed by atoms with E-state index in [1.165, 1.54) is 0 Å².